The first kappa shape index (κ1) is 22.7. The Labute approximate surface area is 177 Å². The number of anilines is 1. The zero-order valence-corrected chi connectivity index (χ0v) is 18.5. The summed E-state index contributed by atoms with van der Waals surface area (Å²) in [5.74, 6) is 0.111. The molecule has 0 spiro atoms. The number of aryl methyl sites for hydroxylation is 1. The van der Waals surface area contributed by atoms with Gasteiger partial charge in [0.2, 0.25) is 10.0 Å². The minimum absolute atomic E-state index is 0.0923. The van der Waals surface area contributed by atoms with Crippen LogP contribution in [-0.2, 0) is 14.8 Å². The molecule has 0 fully saturated rings. The monoisotopic (exact) mass is 481 g/mol. The van der Waals surface area contributed by atoms with Crippen LogP contribution in [0.4, 0.5) is 5.69 Å². The van der Waals surface area contributed by atoms with Crippen molar-refractivity contribution in [3.63, 3.8) is 0 Å². The Bertz CT molecular complexity index is 1090. The molecular formula is C19H20BrN3O5S. The minimum atomic E-state index is -3.91. The number of hydrogen-bond acceptors (Lipinski definition) is 6. The van der Waals surface area contributed by atoms with Crippen molar-refractivity contribution in [1.82, 2.24) is 0 Å². The summed E-state index contributed by atoms with van der Waals surface area (Å²) in [6.45, 7) is 5.25. The lowest BCUT2D eigenvalue weighted by Gasteiger charge is -2.15. The molecule has 0 aliphatic rings. The molecule has 3 N–H and O–H groups in total. The van der Waals surface area contributed by atoms with Gasteiger partial charge in [-0.2, -0.15) is 5.26 Å². The van der Waals surface area contributed by atoms with Crippen LogP contribution in [0.5, 0.6) is 11.5 Å². The highest BCUT2D eigenvalue weighted by atomic mass is 79.9. The van der Waals surface area contributed by atoms with Gasteiger partial charge < -0.3 is 14.8 Å². The van der Waals surface area contributed by atoms with Crippen LogP contribution in [0.2, 0.25) is 0 Å². The third-order valence-corrected chi connectivity index (χ3v) is 5.51. The van der Waals surface area contributed by atoms with Crippen molar-refractivity contribution in [3.8, 4) is 17.6 Å². The molecule has 2 rings (SSSR count). The second kappa shape index (κ2) is 9.26. The van der Waals surface area contributed by atoms with Crippen molar-refractivity contribution < 1.29 is 22.7 Å². The smallest absolute Gasteiger partial charge is 0.262 e. The van der Waals surface area contributed by atoms with Crippen LogP contribution >= 0.6 is 15.9 Å². The molecule has 0 radical (unpaired) electrons. The zero-order chi connectivity index (χ0) is 21.8. The molecule has 1 amide bonds. The van der Waals surface area contributed by atoms with E-state index in [1.165, 1.54) is 18.2 Å². The molecule has 10 heteroatoms. The normalized spacial score (nSPS) is 10.9. The van der Waals surface area contributed by atoms with Crippen LogP contribution < -0.4 is 19.9 Å². The van der Waals surface area contributed by atoms with E-state index in [2.05, 4.69) is 21.2 Å². The summed E-state index contributed by atoms with van der Waals surface area (Å²) in [5, 5.41) is 16.9. The van der Waals surface area contributed by atoms with E-state index in [1.807, 2.05) is 6.07 Å². The van der Waals surface area contributed by atoms with E-state index in [1.54, 1.807) is 26.8 Å². The number of nitrogens with zero attached hydrogens (tertiary/aromatic N) is 1. The number of nitrogens with one attached hydrogen (secondary N) is 1. The van der Waals surface area contributed by atoms with E-state index in [0.717, 1.165) is 0 Å². The zero-order valence-electron chi connectivity index (χ0n) is 16.1. The van der Waals surface area contributed by atoms with E-state index < -0.39 is 15.9 Å². The molecule has 0 saturated heterocycles. The van der Waals surface area contributed by atoms with Crippen LogP contribution in [0.1, 0.15) is 23.6 Å². The van der Waals surface area contributed by atoms with Crippen molar-refractivity contribution in [2.45, 2.75) is 25.7 Å². The molecule has 0 aliphatic heterocycles. The SMILES string of the molecule is CCOc1cc(C#N)cc(Br)c1OCC(=O)Nc1cc(S(N)(=O)=O)cc(C)c1C. The molecule has 154 valence electrons. The third-order valence-electron chi connectivity index (χ3n) is 4.03. The Kier molecular flexibility index (Phi) is 7.24. The van der Waals surface area contributed by atoms with Gasteiger partial charge in [0, 0.05) is 11.8 Å². The highest BCUT2D eigenvalue weighted by Crippen LogP contribution is 2.36. The third kappa shape index (κ3) is 5.69. The summed E-state index contributed by atoms with van der Waals surface area (Å²) in [5.41, 5.74) is 2.08. The summed E-state index contributed by atoms with van der Waals surface area (Å²) in [6, 6.07) is 7.84. The van der Waals surface area contributed by atoms with Gasteiger partial charge in [-0.1, -0.05) is 0 Å². The fourth-order valence-electron chi connectivity index (χ4n) is 2.48. The van der Waals surface area contributed by atoms with Crippen molar-refractivity contribution in [2.75, 3.05) is 18.5 Å². The second-order valence-corrected chi connectivity index (χ2v) is 8.54. The molecule has 0 heterocycles. The van der Waals surface area contributed by atoms with Gasteiger partial charge in [0.05, 0.1) is 27.6 Å². The number of benzene rings is 2. The van der Waals surface area contributed by atoms with Crippen LogP contribution in [0.25, 0.3) is 0 Å². The molecular weight excluding hydrogens is 462 g/mol. The van der Waals surface area contributed by atoms with Gasteiger partial charge in [-0.05, 0) is 66.0 Å². The largest absolute Gasteiger partial charge is 0.490 e. The molecule has 0 unspecified atom stereocenters. The van der Waals surface area contributed by atoms with Gasteiger partial charge in [0.25, 0.3) is 5.91 Å². The fraction of sp³-hybridized carbons (Fsp3) is 0.263. The lowest BCUT2D eigenvalue weighted by atomic mass is 10.1. The Morgan fingerprint density at radius 1 is 1.24 bits per heavy atom. The Balaban J connectivity index is 2.22. The lowest BCUT2D eigenvalue weighted by molar-refractivity contribution is -0.118. The number of carbonyl (C=O) groups excluding carboxylic acids is 1. The Morgan fingerprint density at radius 3 is 2.52 bits per heavy atom. The lowest BCUT2D eigenvalue weighted by Crippen LogP contribution is -2.22. The molecule has 0 bridgehead atoms. The maximum Gasteiger partial charge on any atom is 0.262 e. The average molecular weight is 482 g/mol. The number of carbonyl (C=O) groups is 1. The van der Waals surface area contributed by atoms with Crippen LogP contribution in [0.3, 0.4) is 0 Å². The number of hydrogen-bond donors (Lipinski definition) is 2. The Hall–Kier alpha value is -2.61. The van der Waals surface area contributed by atoms with E-state index in [9.17, 15) is 13.2 Å². The van der Waals surface area contributed by atoms with Gasteiger partial charge in [0.15, 0.2) is 18.1 Å². The average Bonchev–Trinajstić information content (AvgIpc) is 2.63. The highest BCUT2D eigenvalue weighted by Gasteiger charge is 2.17. The number of rotatable bonds is 7. The number of sulfonamides is 1. The van der Waals surface area contributed by atoms with Crippen LogP contribution in [0.15, 0.2) is 33.6 Å². The van der Waals surface area contributed by atoms with Gasteiger partial charge >= 0.3 is 0 Å². The van der Waals surface area contributed by atoms with Crippen molar-refractivity contribution in [1.29, 1.82) is 5.26 Å². The minimum Gasteiger partial charge on any atom is -0.490 e. The Morgan fingerprint density at radius 2 is 1.93 bits per heavy atom. The summed E-state index contributed by atoms with van der Waals surface area (Å²) in [4.78, 5) is 12.3. The van der Waals surface area contributed by atoms with Gasteiger partial charge in [0.1, 0.15) is 0 Å². The molecule has 0 aromatic heterocycles. The highest BCUT2D eigenvalue weighted by molar-refractivity contribution is 9.10. The van der Waals surface area contributed by atoms with Gasteiger partial charge in [-0.3, -0.25) is 4.79 Å². The van der Waals surface area contributed by atoms with E-state index in [4.69, 9.17) is 19.9 Å². The summed E-state index contributed by atoms with van der Waals surface area (Å²) in [7, 11) is -3.91. The molecule has 29 heavy (non-hydrogen) atoms. The molecule has 2 aromatic rings. The first-order chi connectivity index (χ1) is 13.6. The van der Waals surface area contributed by atoms with E-state index in [-0.39, 0.29) is 17.3 Å². The summed E-state index contributed by atoms with van der Waals surface area (Å²) < 4.78 is 34.8. The van der Waals surface area contributed by atoms with Gasteiger partial charge in [-0.25, -0.2) is 13.6 Å². The molecule has 0 atom stereocenters. The maximum absolute atomic E-state index is 12.4. The number of halogens is 1. The fourth-order valence-corrected chi connectivity index (χ4v) is 3.66. The molecule has 2 aromatic carbocycles. The number of nitrogens with two attached hydrogens (primary N) is 1. The van der Waals surface area contributed by atoms with E-state index in [0.29, 0.717) is 39.2 Å². The standard InChI is InChI=1S/C19H20BrN3O5S/c1-4-27-17-7-13(9-21)6-15(20)19(17)28-10-18(24)23-16-8-14(29(22,25)26)5-11(2)12(16)3/h5-8H,4,10H2,1-3H3,(H,23,24)(H2,22,25,26). The van der Waals surface area contributed by atoms with Crippen molar-refractivity contribution >= 4 is 37.5 Å². The van der Waals surface area contributed by atoms with Crippen molar-refractivity contribution in [2.24, 2.45) is 5.14 Å². The van der Waals surface area contributed by atoms with Crippen LogP contribution in [0, 0.1) is 25.2 Å². The second-order valence-electron chi connectivity index (χ2n) is 6.12. The topological polar surface area (TPSA) is 132 Å². The van der Waals surface area contributed by atoms with Crippen LogP contribution in [-0.4, -0.2) is 27.5 Å². The molecule has 0 saturated carbocycles. The van der Waals surface area contributed by atoms with E-state index >= 15 is 0 Å². The quantitative estimate of drug-likeness (QED) is 0.624. The first-order valence-corrected chi connectivity index (χ1v) is 10.8. The number of primary sulfonamides is 1. The first-order valence-electron chi connectivity index (χ1n) is 8.50. The van der Waals surface area contributed by atoms with Crippen molar-refractivity contribution in [3.05, 3.63) is 45.4 Å². The maximum atomic E-state index is 12.4. The predicted octanol–water partition coefficient (Wildman–Crippen LogP) is 3.00. The molecule has 0 aliphatic carbocycles. The number of amides is 1. The van der Waals surface area contributed by atoms with Gasteiger partial charge in [-0.15, -0.1) is 0 Å². The predicted molar refractivity (Wildman–Crippen MR) is 111 cm³/mol. The molecule has 8 nitrogen and oxygen atoms in total. The summed E-state index contributed by atoms with van der Waals surface area (Å²) >= 11 is 3.31. The number of ether oxygens (including phenoxy) is 2. The summed E-state index contributed by atoms with van der Waals surface area (Å²) in [6.07, 6.45) is 0. The number of nitriles is 1.